The Hall–Kier alpha value is -3.54. The van der Waals surface area contributed by atoms with Gasteiger partial charge >= 0.3 is 0 Å². The number of anilines is 1. The number of fused-ring (bicyclic) bond motifs is 1. The Morgan fingerprint density at radius 2 is 1.58 bits per heavy atom. The molecule has 0 saturated carbocycles. The molecule has 0 aliphatic rings. The summed E-state index contributed by atoms with van der Waals surface area (Å²) < 4.78 is 0. The van der Waals surface area contributed by atoms with E-state index in [4.69, 9.17) is 4.98 Å². The van der Waals surface area contributed by atoms with E-state index in [1.165, 1.54) is 0 Å². The number of pyridine rings is 1. The number of aryl methyl sites for hydroxylation is 2. The van der Waals surface area contributed by atoms with Crippen molar-refractivity contribution in [3.63, 3.8) is 0 Å². The molecule has 5 heteroatoms. The van der Waals surface area contributed by atoms with E-state index in [0.29, 0.717) is 11.3 Å². The highest BCUT2D eigenvalue weighted by Gasteiger charge is 2.16. The largest absolute Gasteiger partial charge is 0.392 e. The summed E-state index contributed by atoms with van der Waals surface area (Å²) in [6.45, 7) is 3.73. The van der Waals surface area contributed by atoms with E-state index >= 15 is 0 Å². The van der Waals surface area contributed by atoms with E-state index < -0.39 is 0 Å². The fourth-order valence-electron chi connectivity index (χ4n) is 3.86. The molecule has 0 unspecified atom stereocenters. The smallest absolute Gasteiger partial charge is 0.256 e. The van der Waals surface area contributed by atoms with Gasteiger partial charge in [-0.15, -0.1) is 0 Å². The highest BCUT2D eigenvalue weighted by Crippen LogP contribution is 2.28. The van der Waals surface area contributed by atoms with Crippen molar-refractivity contribution >= 4 is 22.5 Å². The molecule has 3 N–H and O–H groups in total. The summed E-state index contributed by atoms with van der Waals surface area (Å²) in [5.41, 5.74) is 6.89. The number of aromatic nitrogens is 1. The minimum atomic E-state index is -0.221. The standard InChI is InChI=1S/C26H24N2O3/c1-16-10-19(15-30)11-17(2)25(16)28-26(31)22-13-24(20-7-5-6-18(12-20)14-29)27-23-9-4-3-8-21(22)23/h3-13,29-30H,14-15H2,1-2H3,(H,28,31). The average Bonchev–Trinajstić information content (AvgIpc) is 2.80. The molecule has 4 rings (SSSR count). The van der Waals surface area contributed by atoms with Crippen LogP contribution in [0.2, 0.25) is 0 Å². The molecule has 1 amide bonds. The number of benzene rings is 3. The third kappa shape index (κ3) is 4.19. The summed E-state index contributed by atoms with van der Waals surface area (Å²) in [6.07, 6.45) is 0. The second kappa shape index (κ2) is 8.68. The zero-order valence-corrected chi connectivity index (χ0v) is 17.5. The number of hydrogen-bond donors (Lipinski definition) is 3. The van der Waals surface area contributed by atoms with Gasteiger partial charge in [0.1, 0.15) is 0 Å². The Kier molecular flexibility index (Phi) is 5.80. The van der Waals surface area contributed by atoms with E-state index in [1.54, 1.807) is 6.07 Å². The maximum absolute atomic E-state index is 13.4. The molecule has 156 valence electrons. The highest BCUT2D eigenvalue weighted by atomic mass is 16.3. The topological polar surface area (TPSA) is 82.5 Å². The van der Waals surface area contributed by atoms with E-state index in [1.807, 2.05) is 74.5 Å². The number of carbonyl (C=O) groups excluding carboxylic acids is 1. The molecule has 31 heavy (non-hydrogen) atoms. The molecule has 0 aliphatic heterocycles. The van der Waals surface area contributed by atoms with E-state index in [9.17, 15) is 15.0 Å². The Morgan fingerprint density at radius 1 is 0.871 bits per heavy atom. The molecule has 1 heterocycles. The van der Waals surface area contributed by atoms with Crippen molar-refractivity contribution in [2.24, 2.45) is 0 Å². The quantitative estimate of drug-likeness (QED) is 0.442. The minimum Gasteiger partial charge on any atom is -0.392 e. The maximum atomic E-state index is 13.4. The van der Waals surface area contributed by atoms with Gasteiger partial charge in [-0.3, -0.25) is 4.79 Å². The summed E-state index contributed by atoms with van der Waals surface area (Å²) in [7, 11) is 0. The van der Waals surface area contributed by atoms with Crippen molar-refractivity contribution in [2.75, 3.05) is 5.32 Å². The van der Waals surface area contributed by atoms with Crippen molar-refractivity contribution in [3.05, 3.63) is 94.5 Å². The summed E-state index contributed by atoms with van der Waals surface area (Å²) in [6, 6.07) is 20.6. The molecule has 0 radical (unpaired) electrons. The van der Waals surface area contributed by atoms with Crippen molar-refractivity contribution in [3.8, 4) is 11.3 Å². The lowest BCUT2D eigenvalue weighted by atomic mass is 10.0. The lowest BCUT2D eigenvalue weighted by Crippen LogP contribution is -2.15. The van der Waals surface area contributed by atoms with Gasteiger partial charge in [-0.25, -0.2) is 4.98 Å². The number of nitrogens with zero attached hydrogens (tertiary/aromatic N) is 1. The van der Waals surface area contributed by atoms with Crippen LogP contribution in [0.25, 0.3) is 22.2 Å². The molecular formula is C26H24N2O3. The first-order valence-corrected chi connectivity index (χ1v) is 10.1. The van der Waals surface area contributed by atoms with Gasteiger partial charge in [0, 0.05) is 16.6 Å². The van der Waals surface area contributed by atoms with Gasteiger partial charge < -0.3 is 15.5 Å². The first-order valence-electron chi connectivity index (χ1n) is 10.1. The molecule has 0 saturated heterocycles. The molecule has 0 bridgehead atoms. The van der Waals surface area contributed by atoms with Crippen LogP contribution in [0, 0.1) is 13.8 Å². The molecule has 0 spiro atoms. The van der Waals surface area contributed by atoms with Crippen LogP contribution in [0.1, 0.15) is 32.6 Å². The lowest BCUT2D eigenvalue weighted by molar-refractivity contribution is 0.102. The van der Waals surface area contributed by atoms with Gasteiger partial charge in [-0.2, -0.15) is 0 Å². The SMILES string of the molecule is Cc1cc(CO)cc(C)c1NC(=O)c1cc(-c2cccc(CO)c2)nc2ccccc12. The number of nitrogens with one attached hydrogen (secondary N) is 1. The first-order chi connectivity index (χ1) is 15.0. The molecular weight excluding hydrogens is 388 g/mol. The zero-order chi connectivity index (χ0) is 22.0. The number of aliphatic hydroxyl groups excluding tert-OH is 2. The summed E-state index contributed by atoms with van der Waals surface area (Å²) in [5.74, 6) is -0.221. The van der Waals surface area contributed by atoms with Crippen LogP contribution in [-0.2, 0) is 13.2 Å². The maximum Gasteiger partial charge on any atom is 0.256 e. The van der Waals surface area contributed by atoms with E-state index in [0.717, 1.165) is 44.4 Å². The molecule has 3 aromatic carbocycles. The first kappa shape index (κ1) is 20.7. The third-order valence-corrected chi connectivity index (χ3v) is 5.38. The zero-order valence-electron chi connectivity index (χ0n) is 17.5. The normalized spacial score (nSPS) is 11.0. The van der Waals surface area contributed by atoms with Crippen molar-refractivity contribution in [1.29, 1.82) is 0 Å². The van der Waals surface area contributed by atoms with Crippen molar-refractivity contribution in [2.45, 2.75) is 27.1 Å². The number of carbonyl (C=O) groups is 1. The Morgan fingerprint density at radius 3 is 2.29 bits per heavy atom. The van der Waals surface area contributed by atoms with Crippen LogP contribution < -0.4 is 5.32 Å². The second-order valence-electron chi connectivity index (χ2n) is 7.65. The van der Waals surface area contributed by atoms with Crippen LogP contribution in [0.5, 0.6) is 0 Å². The van der Waals surface area contributed by atoms with Gasteiger partial charge in [0.25, 0.3) is 5.91 Å². The highest BCUT2D eigenvalue weighted by molar-refractivity contribution is 6.13. The van der Waals surface area contributed by atoms with Gasteiger partial charge in [0.15, 0.2) is 0 Å². The minimum absolute atomic E-state index is 0.0405. The van der Waals surface area contributed by atoms with Crippen LogP contribution >= 0.6 is 0 Å². The summed E-state index contributed by atoms with van der Waals surface area (Å²) >= 11 is 0. The summed E-state index contributed by atoms with van der Waals surface area (Å²) in [5, 5.41) is 22.7. The molecule has 4 aromatic rings. The van der Waals surface area contributed by atoms with Crippen LogP contribution in [0.3, 0.4) is 0 Å². The van der Waals surface area contributed by atoms with Gasteiger partial charge in [0.05, 0.1) is 30.0 Å². The lowest BCUT2D eigenvalue weighted by Gasteiger charge is -2.15. The number of para-hydroxylation sites is 1. The predicted molar refractivity (Wildman–Crippen MR) is 123 cm³/mol. The predicted octanol–water partition coefficient (Wildman–Crippen LogP) is 4.76. The van der Waals surface area contributed by atoms with Crippen LogP contribution in [0.15, 0.2) is 66.7 Å². The monoisotopic (exact) mass is 412 g/mol. The second-order valence-corrected chi connectivity index (χ2v) is 7.65. The number of amides is 1. The Bertz CT molecular complexity index is 1260. The Balaban J connectivity index is 1.80. The van der Waals surface area contributed by atoms with Gasteiger partial charge in [0.2, 0.25) is 0 Å². The number of aliphatic hydroxyl groups is 2. The molecule has 0 aliphatic carbocycles. The van der Waals surface area contributed by atoms with E-state index in [-0.39, 0.29) is 19.1 Å². The van der Waals surface area contributed by atoms with E-state index in [2.05, 4.69) is 5.32 Å². The fourth-order valence-corrected chi connectivity index (χ4v) is 3.86. The van der Waals surface area contributed by atoms with Gasteiger partial charge in [-0.1, -0.05) is 48.5 Å². The van der Waals surface area contributed by atoms with Crippen molar-refractivity contribution in [1.82, 2.24) is 4.98 Å². The van der Waals surface area contributed by atoms with Crippen molar-refractivity contribution < 1.29 is 15.0 Å². The molecule has 1 aromatic heterocycles. The summed E-state index contributed by atoms with van der Waals surface area (Å²) in [4.78, 5) is 18.1. The average molecular weight is 412 g/mol. The fraction of sp³-hybridized carbons (Fsp3) is 0.154. The number of hydrogen-bond acceptors (Lipinski definition) is 4. The third-order valence-electron chi connectivity index (χ3n) is 5.38. The van der Waals surface area contributed by atoms with Gasteiger partial charge in [-0.05, 0) is 54.3 Å². The number of rotatable bonds is 5. The molecule has 5 nitrogen and oxygen atoms in total. The molecule has 0 atom stereocenters. The molecule has 0 fully saturated rings. The van der Waals surface area contributed by atoms with Crippen LogP contribution in [0.4, 0.5) is 5.69 Å². The van der Waals surface area contributed by atoms with Crippen LogP contribution in [-0.4, -0.2) is 21.1 Å². The Labute approximate surface area is 181 Å².